The zero-order valence-electron chi connectivity index (χ0n) is 5.23. The Morgan fingerprint density at radius 1 is 1.25 bits per heavy atom. The molecule has 1 saturated heterocycles. The van der Waals surface area contributed by atoms with Crippen molar-refractivity contribution in [1.29, 1.82) is 0 Å². The summed E-state index contributed by atoms with van der Waals surface area (Å²) in [5, 5.41) is 0. The van der Waals surface area contributed by atoms with Crippen LogP contribution in [0.1, 0.15) is 25.7 Å². The lowest BCUT2D eigenvalue weighted by molar-refractivity contribution is 0.0898. The van der Waals surface area contributed by atoms with E-state index in [0.717, 1.165) is 13.0 Å². The SMILES string of the molecule is [CH2]C1CCCCCO1. The predicted octanol–water partition coefficient (Wildman–Crippen LogP) is 1.78. The van der Waals surface area contributed by atoms with Gasteiger partial charge in [-0.1, -0.05) is 12.8 Å². The Hall–Kier alpha value is -0.0400. The van der Waals surface area contributed by atoms with E-state index in [9.17, 15) is 0 Å². The maximum absolute atomic E-state index is 5.29. The standard InChI is InChI=1S/C7H13O/c1-7-5-3-2-4-6-8-7/h7H,1-6H2. The number of rotatable bonds is 0. The highest BCUT2D eigenvalue weighted by atomic mass is 16.5. The van der Waals surface area contributed by atoms with Gasteiger partial charge in [-0.3, -0.25) is 0 Å². The van der Waals surface area contributed by atoms with Crippen molar-refractivity contribution >= 4 is 0 Å². The van der Waals surface area contributed by atoms with E-state index < -0.39 is 0 Å². The molecule has 0 aromatic rings. The second-order valence-corrected chi connectivity index (χ2v) is 2.34. The molecule has 0 aromatic heterocycles. The molecular formula is C7H13O. The maximum Gasteiger partial charge on any atom is 0.0576 e. The smallest absolute Gasteiger partial charge is 0.0576 e. The molecule has 1 unspecified atom stereocenters. The van der Waals surface area contributed by atoms with E-state index in [4.69, 9.17) is 4.74 Å². The highest BCUT2D eigenvalue weighted by Gasteiger charge is 2.05. The number of hydrogen-bond donors (Lipinski definition) is 0. The molecule has 0 N–H and O–H groups in total. The van der Waals surface area contributed by atoms with Crippen LogP contribution in [-0.4, -0.2) is 12.7 Å². The molecule has 8 heavy (non-hydrogen) atoms. The highest BCUT2D eigenvalue weighted by molar-refractivity contribution is 4.62. The van der Waals surface area contributed by atoms with Crippen LogP contribution in [0.5, 0.6) is 0 Å². The van der Waals surface area contributed by atoms with Crippen LogP contribution in [0.3, 0.4) is 0 Å². The first-order chi connectivity index (χ1) is 3.89. The minimum Gasteiger partial charge on any atom is -0.378 e. The topological polar surface area (TPSA) is 9.23 Å². The Balaban J connectivity index is 2.17. The number of hydrogen-bond acceptors (Lipinski definition) is 1. The molecule has 1 heterocycles. The summed E-state index contributed by atoms with van der Waals surface area (Å²) in [6.07, 6.45) is 5.28. The molecule has 0 spiro atoms. The van der Waals surface area contributed by atoms with Crippen LogP contribution in [0.25, 0.3) is 0 Å². The van der Waals surface area contributed by atoms with E-state index in [-0.39, 0.29) is 6.10 Å². The zero-order chi connectivity index (χ0) is 5.82. The van der Waals surface area contributed by atoms with Crippen molar-refractivity contribution in [1.82, 2.24) is 0 Å². The fourth-order valence-corrected chi connectivity index (χ4v) is 0.984. The van der Waals surface area contributed by atoms with E-state index >= 15 is 0 Å². The third-order valence-corrected chi connectivity index (χ3v) is 1.52. The summed E-state index contributed by atoms with van der Waals surface area (Å²) in [5.41, 5.74) is 0. The van der Waals surface area contributed by atoms with Gasteiger partial charge < -0.3 is 4.74 Å². The van der Waals surface area contributed by atoms with E-state index in [1.807, 2.05) is 0 Å². The van der Waals surface area contributed by atoms with Crippen LogP contribution in [0.2, 0.25) is 0 Å². The van der Waals surface area contributed by atoms with Gasteiger partial charge in [0.15, 0.2) is 0 Å². The first kappa shape index (κ1) is 6.09. The average Bonchev–Trinajstić information content (AvgIpc) is 1.94. The molecular weight excluding hydrogens is 100 g/mol. The third-order valence-electron chi connectivity index (χ3n) is 1.52. The highest BCUT2D eigenvalue weighted by Crippen LogP contribution is 2.11. The van der Waals surface area contributed by atoms with Gasteiger partial charge in [0.25, 0.3) is 0 Å². The van der Waals surface area contributed by atoms with Crippen molar-refractivity contribution < 1.29 is 4.74 Å². The normalized spacial score (nSPS) is 31.9. The summed E-state index contributed by atoms with van der Waals surface area (Å²) >= 11 is 0. The van der Waals surface area contributed by atoms with Crippen molar-refractivity contribution in [2.45, 2.75) is 31.8 Å². The lowest BCUT2D eigenvalue weighted by Gasteiger charge is -2.05. The van der Waals surface area contributed by atoms with E-state index in [1.54, 1.807) is 0 Å². The summed E-state index contributed by atoms with van der Waals surface area (Å²) in [4.78, 5) is 0. The molecule has 1 radical (unpaired) electrons. The van der Waals surface area contributed by atoms with E-state index in [1.165, 1.54) is 19.3 Å². The summed E-state index contributed by atoms with van der Waals surface area (Å²) in [5.74, 6) is 0. The lowest BCUT2D eigenvalue weighted by Crippen LogP contribution is -2.05. The summed E-state index contributed by atoms with van der Waals surface area (Å²) in [7, 11) is 0. The quantitative estimate of drug-likeness (QED) is 0.465. The molecule has 0 aromatic carbocycles. The van der Waals surface area contributed by atoms with Crippen molar-refractivity contribution in [3.63, 3.8) is 0 Å². The van der Waals surface area contributed by atoms with Crippen molar-refractivity contribution in [3.8, 4) is 0 Å². The van der Waals surface area contributed by atoms with Gasteiger partial charge in [-0.15, -0.1) is 0 Å². The van der Waals surface area contributed by atoms with Crippen molar-refractivity contribution in [3.05, 3.63) is 6.92 Å². The van der Waals surface area contributed by atoms with Crippen LogP contribution in [-0.2, 0) is 4.74 Å². The van der Waals surface area contributed by atoms with E-state index in [2.05, 4.69) is 6.92 Å². The van der Waals surface area contributed by atoms with Gasteiger partial charge in [-0.25, -0.2) is 0 Å². The fourth-order valence-electron chi connectivity index (χ4n) is 0.984. The van der Waals surface area contributed by atoms with Crippen LogP contribution in [0.15, 0.2) is 0 Å². The lowest BCUT2D eigenvalue weighted by atomic mass is 10.2. The van der Waals surface area contributed by atoms with Gasteiger partial charge in [0, 0.05) is 6.61 Å². The van der Waals surface area contributed by atoms with Crippen LogP contribution in [0.4, 0.5) is 0 Å². The van der Waals surface area contributed by atoms with Crippen LogP contribution in [0, 0.1) is 6.92 Å². The second-order valence-electron chi connectivity index (χ2n) is 2.34. The molecule has 1 atom stereocenters. The van der Waals surface area contributed by atoms with Gasteiger partial charge in [0.2, 0.25) is 0 Å². The summed E-state index contributed by atoms with van der Waals surface area (Å²) in [6, 6.07) is 0. The monoisotopic (exact) mass is 113 g/mol. The van der Waals surface area contributed by atoms with Crippen LogP contribution >= 0.6 is 0 Å². The number of ether oxygens (including phenoxy) is 1. The fraction of sp³-hybridized carbons (Fsp3) is 0.857. The Morgan fingerprint density at radius 2 is 2.12 bits per heavy atom. The predicted molar refractivity (Wildman–Crippen MR) is 33.6 cm³/mol. The Morgan fingerprint density at radius 3 is 3.00 bits per heavy atom. The molecule has 1 aliphatic heterocycles. The molecule has 1 nitrogen and oxygen atoms in total. The minimum absolute atomic E-state index is 0.275. The average molecular weight is 113 g/mol. The maximum atomic E-state index is 5.29. The Bertz CT molecular complexity index is 53.4. The first-order valence-electron chi connectivity index (χ1n) is 3.34. The Kier molecular flexibility index (Phi) is 2.34. The molecule has 47 valence electrons. The van der Waals surface area contributed by atoms with E-state index in [0.29, 0.717) is 0 Å². The van der Waals surface area contributed by atoms with Gasteiger partial charge in [0.1, 0.15) is 0 Å². The largest absolute Gasteiger partial charge is 0.378 e. The third kappa shape index (κ3) is 1.83. The molecule has 1 heteroatoms. The first-order valence-corrected chi connectivity index (χ1v) is 3.34. The summed E-state index contributed by atoms with van der Waals surface area (Å²) in [6.45, 7) is 4.76. The van der Waals surface area contributed by atoms with Gasteiger partial charge in [-0.2, -0.15) is 0 Å². The molecule has 1 aliphatic rings. The minimum atomic E-state index is 0.275. The second kappa shape index (κ2) is 3.08. The zero-order valence-corrected chi connectivity index (χ0v) is 5.23. The molecule has 0 saturated carbocycles. The molecule has 0 bridgehead atoms. The van der Waals surface area contributed by atoms with Crippen LogP contribution < -0.4 is 0 Å². The Labute approximate surface area is 51.0 Å². The van der Waals surface area contributed by atoms with Crippen molar-refractivity contribution in [2.75, 3.05) is 6.61 Å². The molecule has 0 aliphatic carbocycles. The molecule has 1 fully saturated rings. The molecule has 0 amide bonds. The summed E-state index contributed by atoms with van der Waals surface area (Å²) < 4.78 is 5.29. The molecule has 1 rings (SSSR count). The van der Waals surface area contributed by atoms with Crippen molar-refractivity contribution in [2.24, 2.45) is 0 Å². The van der Waals surface area contributed by atoms with Gasteiger partial charge in [-0.05, 0) is 19.8 Å². The van der Waals surface area contributed by atoms with Gasteiger partial charge >= 0.3 is 0 Å². The van der Waals surface area contributed by atoms with Gasteiger partial charge in [0.05, 0.1) is 6.10 Å².